The van der Waals surface area contributed by atoms with Crippen LogP contribution in [0.2, 0.25) is 0 Å². The summed E-state index contributed by atoms with van der Waals surface area (Å²) in [4.78, 5) is 3.74. The second kappa shape index (κ2) is 3.43. The van der Waals surface area contributed by atoms with Gasteiger partial charge in [0, 0.05) is 0 Å². The number of hydrogen-bond acceptors (Lipinski definition) is 2. The second-order valence-corrected chi connectivity index (χ2v) is 0.882. The van der Waals surface area contributed by atoms with Crippen LogP contribution in [0.1, 0.15) is 0 Å². The van der Waals surface area contributed by atoms with Crippen molar-refractivity contribution in [3.05, 3.63) is 0 Å². The largest absolute Gasteiger partial charge is 0.482 e. The van der Waals surface area contributed by atoms with Crippen LogP contribution in [0.25, 0.3) is 0 Å². The van der Waals surface area contributed by atoms with Gasteiger partial charge in [0.2, 0.25) is 0 Å². The van der Waals surface area contributed by atoms with Crippen LogP contribution >= 0.6 is 0 Å². The minimum absolute atomic E-state index is 0. The van der Waals surface area contributed by atoms with E-state index >= 15 is 0 Å². The van der Waals surface area contributed by atoms with Crippen LogP contribution in [0.4, 0.5) is 0 Å². The van der Waals surface area contributed by atoms with E-state index in [1.54, 1.807) is 0 Å². The summed E-state index contributed by atoms with van der Waals surface area (Å²) in [5, 5.41) is 0. The molecule has 0 amide bonds. The van der Waals surface area contributed by atoms with Crippen molar-refractivity contribution in [1.29, 1.82) is 0 Å². The molecule has 1 aliphatic heterocycles. The van der Waals surface area contributed by atoms with Gasteiger partial charge in [0.15, 0.2) is 6.40 Å². The van der Waals surface area contributed by atoms with Crippen molar-refractivity contribution in [2.75, 3.05) is 13.2 Å². The van der Waals surface area contributed by atoms with E-state index in [4.69, 9.17) is 0 Å². The molecule has 0 aromatic heterocycles. The predicted molar refractivity (Wildman–Crippen MR) is 27.9 cm³/mol. The fourth-order valence-electron chi connectivity index (χ4n) is 0.264. The third kappa shape index (κ3) is 1.62. The molecule has 0 bridgehead atoms. The Bertz CT molecular complexity index is 48.8. The van der Waals surface area contributed by atoms with Crippen LogP contribution in [-0.2, 0) is 4.74 Å². The highest BCUT2D eigenvalue weighted by molar-refractivity contribution is 5.75. The number of rotatable bonds is 0. The van der Waals surface area contributed by atoms with Crippen molar-refractivity contribution in [3.8, 4) is 0 Å². The molecule has 0 aromatic carbocycles. The Balaban J connectivity index is 0.000000250. The van der Waals surface area contributed by atoms with E-state index in [1.807, 2.05) is 0 Å². The summed E-state index contributed by atoms with van der Waals surface area (Å²) in [6.45, 7) is 1.62. The Kier molecular flexibility index (Phi) is 3.56. The highest BCUT2D eigenvalue weighted by Gasteiger charge is 1.84. The summed E-state index contributed by atoms with van der Waals surface area (Å²) in [6, 6.07) is 0. The van der Waals surface area contributed by atoms with Crippen LogP contribution in [0, 0.1) is 0 Å². The number of ether oxygens (including phenoxy) is 1. The molecule has 0 aliphatic carbocycles. The quantitative estimate of drug-likeness (QED) is 0.360. The van der Waals surface area contributed by atoms with Crippen molar-refractivity contribution in [2.45, 2.75) is 0 Å². The van der Waals surface area contributed by atoms with Gasteiger partial charge in [0.25, 0.3) is 0 Å². The maximum Gasteiger partial charge on any atom is 0.316 e. The lowest BCUT2D eigenvalue weighted by Gasteiger charge is -1.76. The molecule has 1 aliphatic rings. The molecule has 0 atom stereocenters. The normalized spacial score (nSPS) is 16.0. The van der Waals surface area contributed by atoms with E-state index in [2.05, 4.69) is 9.73 Å². The van der Waals surface area contributed by atoms with Crippen molar-refractivity contribution in [1.82, 2.24) is 0 Å². The molecule has 1 heterocycles. The average molecular weight is 97.4 g/mol. The first-order valence-corrected chi connectivity index (χ1v) is 1.60. The first kappa shape index (κ1) is 6.24. The van der Waals surface area contributed by atoms with Crippen LogP contribution in [-0.4, -0.2) is 42.6 Å². The number of hydrogen-bond donors (Lipinski definition) is 0. The zero-order chi connectivity index (χ0) is 3.54. The van der Waals surface area contributed by atoms with E-state index in [0.717, 1.165) is 13.2 Å². The predicted octanol–water partition coefficient (Wildman–Crippen LogP) is -0.871. The van der Waals surface area contributed by atoms with Crippen molar-refractivity contribution >= 4 is 29.5 Å². The molecular formula is C3H7MgNO. The summed E-state index contributed by atoms with van der Waals surface area (Å²) < 4.78 is 4.65. The molecule has 0 radical (unpaired) electrons. The first-order valence-electron chi connectivity index (χ1n) is 1.60. The smallest absolute Gasteiger partial charge is 0.316 e. The van der Waals surface area contributed by atoms with Gasteiger partial charge in [0.05, 0.1) is 6.54 Å². The molecule has 0 aromatic rings. The molecule has 0 unspecified atom stereocenters. The Morgan fingerprint density at radius 3 is 2.67 bits per heavy atom. The molecule has 0 N–H and O–H groups in total. The average Bonchev–Trinajstić information content (AvgIpc) is 1.76. The van der Waals surface area contributed by atoms with E-state index in [9.17, 15) is 0 Å². The first-order chi connectivity index (χ1) is 2.50. The fraction of sp³-hybridized carbons (Fsp3) is 0.667. The summed E-state index contributed by atoms with van der Waals surface area (Å²) in [7, 11) is 0. The molecule has 0 saturated carbocycles. The second-order valence-electron chi connectivity index (χ2n) is 0.882. The minimum atomic E-state index is 0. The lowest BCUT2D eigenvalue weighted by Crippen LogP contribution is -1.80. The molecule has 0 saturated heterocycles. The van der Waals surface area contributed by atoms with Gasteiger partial charge in [-0.25, -0.2) is 0 Å². The number of aliphatic imine (C=N–C) groups is 1. The monoisotopic (exact) mass is 97.0 g/mol. The standard InChI is InChI=1S/C3H5NO.Mg.2H/c1-2-5-3-4-1;;;/h3H,1-2H2;;;. The molecule has 1 rings (SSSR count). The van der Waals surface area contributed by atoms with Gasteiger partial charge >= 0.3 is 23.1 Å². The maximum atomic E-state index is 4.65. The summed E-state index contributed by atoms with van der Waals surface area (Å²) in [5.74, 6) is 0. The molecule has 0 spiro atoms. The van der Waals surface area contributed by atoms with Gasteiger partial charge in [-0.2, -0.15) is 0 Å². The van der Waals surface area contributed by atoms with Crippen molar-refractivity contribution < 1.29 is 4.74 Å². The minimum Gasteiger partial charge on any atom is -0.482 e. The molecule has 6 heavy (non-hydrogen) atoms. The van der Waals surface area contributed by atoms with E-state index in [0.29, 0.717) is 0 Å². The molecule has 2 nitrogen and oxygen atoms in total. The summed E-state index contributed by atoms with van der Waals surface area (Å²) in [6.07, 6.45) is 1.49. The lowest BCUT2D eigenvalue weighted by atomic mass is 10.8. The van der Waals surface area contributed by atoms with Gasteiger partial charge in [-0.1, -0.05) is 0 Å². The van der Waals surface area contributed by atoms with Crippen LogP contribution in [0.3, 0.4) is 0 Å². The highest BCUT2D eigenvalue weighted by Crippen LogP contribution is 1.78. The van der Waals surface area contributed by atoms with Crippen LogP contribution in [0.15, 0.2) is 4.99 Å². The Hall–Kier alpha value is 0.236. The van der Waals surface area contributed by atoms with E-state index in [-0.39, 0.29) is 23.1 Å². The zero-order valence-electron chi connectivity index (χ0n) is 2.85. The van der Waals surface area contributed by atoms with Gasteiger partial charge in [0.1, 0.15) is 6.61 Å². The summed E-state index contributed by atoms with van der Waals surface area (Å²) >= 11 is 0. The fourth-order valence-corrected chi connectivity index (χ4v) is 0.264. The van der Waals surface area contributed by atoms with Gasteiger partial charge in [-0.05, 0) is 0 Å². The third-order valence-electron chi connectivity index (χ3n) is 0.487. The Labute approximate surface area is 52.7 Å². The van der Waals surface area contributed by atoms with Crippen molar-refractivity contribution in [3.63, 3.8) is 0 Å². The lowest BCUT2D eigenvalue weighted by molar-refractivity contribution is 0.361. The van der Waals surface area contributed by atoms with Crippen LogP contribution in [0.5, 0.6) is 0 Å². The SMILES string of the molecule is C1=NCCO1.[MgH2]. The van der Waals surface area contributed by atoms with Gasteiger partial charge < -0.3 is 4.74 Å². The third-order valence-corrected chi connectivity index (χ3v) is 0.487. The number of nitrogens with zero attached hydrogens (tertiary/aromatic N) is 1. The topological polar surface area (TPSA) is 21.6 Å². The molecule has 0 fully saturated rings. The highest BCUT2D eigenvalue weighted by atomic mass is 24.3. The Morgan fingerprint density at radius 2 is 2.50 bits per heavy atom. The van der Waals surface area contributed by atoms with Gasteiger partial charge in [-0.3, -0.25) is 4.99 Å². The van der Waals surface area contributed by atoms with Gasteiger partial charge in [-0.15, -0.1) is 0 Å². The maximum absolute atomic E-state index is 4.65. The summed E-state index contributed by atoms with van der Waals surface area (Å²) in [5.41, 5.74) is 0. The Morgan fingerprint density at radius 1 is 1.67 bits per heavy atom. The molecule has 3 heteroatoms. The molecule has 32 valence electrons. The van der Waals surface area contributed by atoms with Crippen molar-refractivity contribution in [2.24, 2.45) is 4.99 Å². The zero-order valence-corrected chi connectivity index (χ0v) is 2.85. The van der Waals surface area contributed by atoms with Crippen LogP contribution < -0.4 is 0 Å². The molecular weight excluding hydrogens is 90.3 g/mol. The van der Waals surface area contributed by atoms with E-state index < -0.39 is 0 Å². The van der Waals surface area contributed by atoms with E-state index in [1.165, 1.54) is 6.40 Å².